The number of hydrogen-bond acceptors (Lipinski definition) is 2. The van der Waals surface area contributed by atoms with Crippen LogP contribution in [-0.2, 0) is 11.2 Å². The summed E-state index contributed by atoms with van der Waals surface area (Å²) >= 11 is 5.01. The molecule has 1 heterocycles. The van der Waals surface area contributed by atoms with Crippen LogP contribution in [-0.4, -0.2) is 11.1 Å². The molecule has 1 atom stereocenters. The van der Waals surface area contributed by atoms with Crippen LogP contribution in [0.15, 0.2) is 9.85 Å². The summed E-state index contributed by atoms with van der Waals surface area (Å²) in [6.07, 6.45) is 1.69. The fourth-order valence-corrected chi connectivity index (χ4v) is 3.38. The van der Waals surface area contributed by atoms with Gasteiger partial charge in [-0.3, -0.25) is 4.79 Å². The van der Waals surface area contributed by atoms with Crippen LogP contribution in [0.2, 0.25) is 0 Å². The van der Waals surface area contributed by atoms with Crippen molar-refractivity contribution in [3.63, 3.8) is 0 Å². The number of aliphatic carboxylic acids is 1. The van der Waals surface area contributed by atoms with Gasteiger partial charge in [-0.05, 0) is 40.4 Å². The molecule has 0 saturated carbocycles. The molecule has 1 N–H and O–H groups in total. The quantitative estimate of drug-likeness (QED) is 0.828. The van der Waals surface area contributed by atoms with Gasteiger partial charge in [-0.25, -0.2) is 0 Å². The number of fused-ring (bicyclic) bond motifs is 1. The van der Waals surface area contributed by atoms with E-state index in [0.29, 0.717) is 0 Å². The second kappa shape index (κ2) is 2.85. The fraction of sp³-hybridized carbons (Fsp3) is 0.375. The average Bonchev–Trinajstić information content (AvgIpc) is 2.43. The van der Waals surface area contributed by atoms with E-state index < -0.39 is 5.97 Å². The van der Waals surface area contributed by atoms with Crippen molar-refractivity contribution in [3.8, 4) is 0 Å². The summed E-state index contributed by atoms with van der Waals surface area (Å²) in [4.78, 5) is 12.0. The van der Waals surface area contributed by atoms with Gasteiger partial charge in [0, 0.05) is 4.88 Å². The summed E-state index contributed by atoms with van der Waals surface area (Å²) in [6, 6.07) is 1.94. The number of carboxylic acids is 1. The monoisotopic (exact) mass is 246 g/mol. The minimum atomic E-state index is -0.695. The van der Waals surface area contributed by atoms with Crippen molar-refractivity contribution in [1.29, 1.82) is 0 Å². The van der Waals surface area contributed by atoms with E-state index in [1.54, 1.807) is 11.3 Å². The molecule has 12 heavy (non-hydrogen) atoms. The van der Waals surface area contributed by atoms with E-state index >= 15 is 0 Å². The number of thiophene rings is 1. The van der Waals surface area contributed by atoms with Crippen molar-refractivity contribution in [1.82, 2.24) is 0 Å². The van der Waals surface area contributed by atoms with E-state index in [0.717, 1.165) is 22.2 Å². The lowest BCUT2D eigenvalue weighted by Gasteiger charge is -2.00. The van der Waals surface area contributed by atoms with Gasteiger partial charge in [0.05, 0.1) is 9.70 Å². The Morgan fingerprint density at radius 2 is 2.50 bits per heavy atom. The molecule has 0 aliphatic heterocycles. The molecule has 1 aliphatic carbocycles. The van der Waals surface area contributed by atoms with E-state index in [2.05, 4.69) is 15.9 Å². The van der Waals surface area contributed by atoms with E-state index in [9.17, 15) is 4.79 Å². The molecule has 1 aromatic rings. The second-order valence-electron chi connectivity index (χ2n) is 2.86. The zero-order valence-electron chi connectivity index (χ0n) is 6.21. The molecule has 0 saturated heterocycles. The summed E-state index contributed by atoms with van der Waals surface area (Å²) in [5, 5.41) is 8.86. The van der Waals surface area contributed by atoms with Crippen LogP contribution >= 0.6 is 27.3 Å². The van der Waals surface area contributed by atoms with Crippen LogP contribution in [0.4, 0.5) is 0 Å². The largest absolute Gasteiger partial charge is 0.481 e. The highest BCUT2D eigenvalue weighted by molar-refractivity contribution is 9.11. The minimum absolute atomic E-state index is 0.262. The number of hydrogen-bond donors (Lipinski definition) is 1. The molecule has 1 unspecified atom stereocenters. The molecular formula is C8H7BrO2S. The third-order valence-electron chi connectivity index (χ3n) is 2.15. The molecule has 0 radical (unpaired) electrons. The smallest absolute Gasteiger partial charge is 0.311 e. The normalized spacial score (nSPS) is 20.9. The van der Waals surface area contributed by atoms with Gasteiger partial charge in [0.1, 0.15) is 0 Å². The van der Waals surface area contributed by atoms with Crippen molar-refractivity contribution in [2.75, 3.05) is 0 Å². The van der Waals surface area contributed by atoms with Crippen molar-refractivity contribution in [3.05, 3.63) is 20.3 Å². The molecule has 2 rings (SSSR count). The molecule has 0 amide bonds. The maximum Gasteiger partial charge on any atom is 0.311 e. The lowest BCUT2D eigenvalue weighted by Crippen LogP contribution is -2.06. The van der Waals surface area contributed by atoms with Gasteiger partial charge in [-0.1, -0.05) is 0 Å². The summed E-state index contributed by atoms with van der Waals surface area (Å²) < 4.78 is 1.04. The standard InChI is InChI=1S/C8H7BrO2S/c9-7-3-5-4(8(10)11)1-2-6(5)12-7/h3-4H,1-2H2,(H,10,11). The number of halogens is 1. The Kier molecular flexibility index (Phi) is 1.96. The van der Waals surface area contributed by atoms with E-state index in [-0.39, 0.29) is 5.92 Å². The molecule has 0 aromatic carbocycles. The zero-order chi connectivity index (χ0) is 8.72. The molecule has 0 fully saturated rings. The first-order valence-corrected chi connectivity index (χ1v) is 5.30. The van der Waals surface area contributed by atoms with E-state index in [4.69, 9.17) is 5.11 Å². The maximum absolute atomic E-state index is 10.8. The Hall–Kier alpha value is -0.350. The lowest BCUT2D eigenvalue weighted by atomic mass is 10.1. The highest BCUT2D eigenvalue weighted by Gasteiger charge is 2.29. The van der Waals surface area contributed by atoms with Gasteiger partial charge in [0.15, 0.2) is 0 Å². The first kappa shape index (κ1) is 8.26. The van der Waals surface area contributed by atoms with Crippen molar-refractivity contribution >= 4 is 33.2 Å². The van der Waals surface area contributed by atoms with Gasteiger partial charge in [-0.15, -0.1) is 11.3 Å². The topological polar surface area (TPSA) is 37.3 Å². The molecule has 2 nitrogen and oxygen atoms in total. The summed E-state index contributed by atoms with van der Waals surface area (Å²) in [7, 11) is 0. The Balaban J connectivity index is 2.41. The predicted molar refractivity (Wildman–Crippen MR) is 50.7 cm³/mol. The fourth-order valence-electron chi connectivity index (χ4n) is 1.59. The SMILES string of the molecule is O=C(O)C1CCc2sc(Br)cc21. The number of carbonyl (C=O) groups is 1. The van der Waals surface area contributed by atoms with Crippen LogP contribution in [0.25, 0.3) is 0 Å². The summed E-state index contributed by atoms with van der Waals surface area (Å²) in [6.45, 7) is 0. The highest BCUT2D eigenvalue weighted by atomic mass is 79.9. The third kappa shape index (κ3) is 1.19. The average molecular weight is 247 g/mol. The molecule has 1 aliphatic rings. The van der Waals surface area contributed by atoms with Gasteiger partial charge < -0.3 is 5.11 Å². The van der Waals surface area contributed by atoms with Crippen molar-refractivity contribution in [2.24, 2.45) is 0 Å². The molecule has 64 valence electrons. The van der Waals surface area contributed by atoms with Gasteiger partial charge in [-0.2, -0.15) is 0 Å². The van der Waals surface area contributed by atoms with Crippen LogP contribution in [0.1, 0.15) is 22.8 Å². The predicted octanol–water partition coefficient (Wildman–Crippen LogP) is 2.63. The van der Waals surface area contributed by atoms with Gasteiger partial charge >= 0.3 is 5.97 Å². The first-order valence-electron chi connectivity index (χ1n) is 3.69. The Bertz CT molecular complexity index is 332. The van der Waals surface area contributed by atoms with Gasteiger partial charge in [0.2, 0.25) is 0 Å². The Morgan fingerprint density at radius 3 is 3.17 bits per heavy atom. The number of aryl methyl sites for hydroxylation is 1. The Morgan fingerprint density at radius 1 is 1.75 bits per heavy atom. The van der Waals surface area contributed by atoms with Gasteiger partial charge in [0.25, 0.3) is 0 Å². The highest BCUT2D eigenvalue weighted by Crippen LogP contribution is 2.40. The molecular weight excluding hydrogens is 240 g/mol. The first-order chi connectivity index (χ1) is 5.68. The maximum atomic E-state index is 10.8. The third-order valence-corrected chi connectivity index (χ3v) is 3.86. The van der Waals surface area contributed by atoms with E-state index in [1.165, 1.54) is 4.88 Å². The van der Waals surface area contributed by atoms with Crippen molar-refractivity contribution in [2.45, 2.75) is 18.8 Å². The van der Waals surface area contributed by atoms with Crippen LogP contribution < -0.4 is 0 Å². The second-order valence-corrected chi connectivity index (χ2v) is 5.37. The van der Waals surface area contributed by atoms with Crippen LogP contribution in [0.3, 0.4) is 0 Å². The molecule has 0 spiro atoms. The van der Waals surface area contributed by atoms with Crippen molar-refractivity contribution < 1.29 is 9.90 Å². The minimum Gasteiger partial charge on any atom is -0.481 e. The summed E-state index contributed by atoms with van der Waals surface area (Å²) in [5.74, 6) is -0.957. The molecule has 1 aromatic heterocycles. The summed E-state index contributed by atoms with van der Waals surface area (Å²) in [5.41, 5.74) is 1.01. The Labute approximate surface area is 82.3 Å². The zero-order valence-corrected chi connectivity index (χ0v) is 8.61. The van der Waals surface area contributed by atoms with Crippen LogP contribution in [0.5, 0.6) is 0 Å². The number of rotatable bonds is 1. The lowest BCUT2D eigenvalue weighted by molar-refractivity contribution is -0.138. The number of carboxylic acid groups (broad SMARTS) is 1. The van der Waals surface area contributed by atoms with E-state index in [1.807, 2.05) is 6.07 Å². The molecule has 4 heteroatoms. The van der Waals surface area contributed by atoms with Crippen LogP contribution in [0, 0.1) is 0 Å². The molecule has 0 bridgehead atoms.